The Morgan fingerprint density at radius 2 is 1.85 bits per heavy atom. The molecule has 0 spiro atoms. The van der Waals surface area contributed by atoms with E-state index in [0.29, 0.717) is 49.3 Å². The van der Waals surface area contributed by atoms with Crippen molar-refractivity contribution in [3.63, 3.8) is 0 Å². The summed E-state index contributed by atoms with van der Waals surface area (Å²) in [6.07, 6.45) is 0. The van der Waals surface area contributed by atoms with Gasteiger partial charge in [0.25, 0.3) is 0 Å². The molecule has 0 fully saturated rings. The van der Waals surface area contributed by atoms with Crippen molar-refractivity contribution in [3.05, 3.63) is 26.1 Å². The van der Waals surface area contributed by atoms with Gasteiger partial charge in [0.2, 0.25) is 0 Å². The van der Waals surface area contributed by atoms with Gasteiger partial charge in [-0.2, -0.15) is 0 Å². The minimum absolute atomic E-state index is 0.149. The van der Waals surface area contributed by atoms with Gasteiger partial charge in [0.1, 0.15) is 0 Å². The third-order valence-electron chi connectivity index (χ3n) is 1.26. The second-order valence-corrected chi connectivity index (χ2v) is 12.6. The van der Waals surface area contributed by atoms with E-state index >= 15 is 0 Å². The van der Waals surface area contributed by atoms with E-state index in [0.717, 1.165) is 0 Å². The van der Waals surface area contributed by atoms with E-state index in [1.807, 2.05) is 4.97 Å². The Kier molecular flexibility index (Phi) is 3.58. The molecule has 2 aliphatic rings. The molecule has 0 aromatic rings. The van der Waals surface area contributed by atoms with Crippen LogP contribution in [0.4, 0.5) is 0 Å². The number of hydrogen-bond acceptors (Lipinski definition) is 1. The van der Waals surface area contributed by atoms with Crippen molar-refractivity contribution < 1.29 is 9.90 Å². The van der Waals surface area contributed by atoms with Gasteiger partial charge in [-0.3, -0.25) is 0 Å². The van der Waals surface area contributed by atoms with Crippen molar-refractivity contribution in [2.75, 3.05) is 0 Å². The van der Waals surface area contributed by atoms with Gasteiger partial charge < -0.3 is 0 Å². The summed E-state index contributed by atoms with van der Waals surface area (Å²) in [6, 6.07) is 0. The van der Waals surface area contributed by atoms with E-state index in [-0.39, 0.29) is 15.0 Å². The Hall–Kier alpha value is 0.768. The van der Waals surface area contributed by atoms with Crippen LogP contribution in [0.25, 0.3) is 0 Å². The summed E-state index contributed by atoms with van der Waals surface area (Å²) in [4.78, 5) is 17.2. The number of carboxylic acid groups (broad SMARTS) is 1. The van der Waals surface area contributed by atoms with Crippen molar-refractivity contribution in [2.24, 2.45) is 0 Å². The normalized spacial score (nSPS) is 21.1. The van der Waals surface area contributed by atoms with Crippen molar-refractivity contribution >= 4 is 65.8 Å². The number of hydrogen-bond donors (Lipinski definition) is 1. The topological polar surface area (TPSA) is 37.3 Å². The molecule has 0 aliphatic carbocycles. The van der Waals surface area contributed by atoms with E-state index in [1.54, 1.807) is 3.37 Å². The van der Waals surface area contributed by atoms with E-state index in [4.69, 9.17) is 5.11 Å². The monoisotopic (exact) mass is 440 g/mol. The molecule has 0 radical (unpaired) electrons. The van der Waals surface area contributed by atoms with Gasteiger partial charge in [-0.25, -0.2) is 0 Å². The van der Waals surface area contributed by atoms with Crippen molar-refractivity contribution in [1.82, 2.24) is 0 Å². The molecule has 13 heavy (non-hydrogen) atoms. The summed E-state index contributed by atoms with van der Waals surface area (Å²) in [7, 11) is 0. The van der Waals surface area contributed by atoms with Gasteiger partial charge in [0, 0.05) is 0 Å². The standard InChI is InChI=1S/C7H4O2Se4/c8-5(9)4-3-12-7(13-4)6-10-1-2-11-6/h1-3H,(H,8,9). The van der Waals surface area contributed by atoms with E-state index in [9.17, 15) is 4.79 Å². The molecule has 0 aromatic heterocycles. The van der Waals surface area contributed by atoms with Gasteiger partial charge >= 0.3 is 102 Å². The van der Waals surface area contributed by atoms with Gasteiger partial charge in [-0.1, -0.05) is 0 Å². The molecule has 0 atom stereocenters. The van der Waals surface area contributed by atoms with Crippen LogP contribution < -0.4 is 0 Å². The number of carbonyl (C=O) groups is 1. The summed E-state index contributed by atoms with van der Waals surface area (Å²) in [5.74, 6) is -0.705. The summed E-state index contributed by atoms with van der Waals surface area (Å²) >= 11 is 1.62. The van der Waals surface area contributed by atoms with Crippen LogP contribution in [0.15, 0.2) is 26.1 Å². The average molecular weight is 436 g/mol. The predicted octanol–water partition coefficient (Wildman–Crippen LogP) is -0.646. The maximum atomic E-state index is 10.7. The minimum atomic E-state index is -0.705. The van der Waals surface area contributed by atoms with E-state index < -0.39 is 5.97 Å². The number of aliphatic carboxylic acids is 1. The summed E-state index contributed by atoms with van der Waals surface area (Å²) in [6.45, 7) is 0. The zero-order chi connectivity index (χ0) is 9.26. The van der Waals surface area contributed by atoms with Crippen molar-refractivity contribution in [2.45, 2.75) is 0 Å². The Morgan fingerprint density at radius 1 is 1.15 bits per heavy atom. The zero-order valence-electron chi connectivity index (χ0n) is 6.22. The second-order valence-electron chi connectivity index (χ2n) is 2.09. The van der Waals surface area contributed by atoms with Crippen LogP contribution in [0.3, 0.4) is 0 Å². The zero-order valence-corrected chi connectivity index (χ0v) is 13.1. The first kappa shape index (κ1) is 10.3. The molecule has 68 valence electrons. The van der Waals surface area contributed by atoms with Crippen molar-refractivity contribution in [3.8, 4) is 0 Å². The molecular weight excluding hydrogens is 432 g/mol. The fourth-order valence-corrected chi connectivity index (χ4v) is 14.0. The number of rotatable bonds is 1. The van der Waals surface area contributed by atoms with Gasteiger partial charge in [0.05, 0.1) is 0 Å². The van der Waals surface area contributed by atoms with Gasteiger partial charge in [-0.05, 0) is 0 Å². The molecule has 0 aromatic carbocycles. The van der Waals surface area contributed by atoms with Crippen LogP contribution in [0.5, 0.6) is 0 Å². The first-order valence-electron chi connectivity index (χ1n) is 3.28. The molecule has 1 N–H and O–H groups in total. The molecule has 0 bridgehead atoms. The third-order valence-corrected chi connectivity index (χ3v) is 16.0. The Labute approximate surface area is 101 Å². The van der Waals surface area contributed by atoms with Gasteiger partial charge in [-0.15, -0.1) is 0 Å². The molecule has 2 heterocycles. The first-order valence-corrected chi connectivity index (χ1v) is 10.5. The first-order chi connectivity index (χ1) is 6.27. The van der Waals surface area contributed by atoms with Crippen LogP contribution in [-0.4, -0.2) is 70.9 Å². The third kappa shape index (κ3) is 2.41. The molecule has 0 saturated carbocycles. The molecule has 0 saturated heterocycles. The molecule has 6 heteroatoms. The van der Waals surface area contributed by atoms with Crippen molar-refractivity contribution in [1.29, 1.82) is 0 Å². The van der Waals surface area contributed by atoms with E-state index in [1.165, 1.54) is 3.37 Å². The maximum absolute atomic E-state index is 10.7. The van der Waals surface area contributed by atoms with Crippen LogP contribution >= 0.6 is 0 Å². The molecular formula is C7H4O2Se4. The van der Waals surface area contributed by atoms with E-state index in [2.05, 4.69) is 9.95 Å². The average Bonchev–Trinajstić information content (AvgIpc) is 2.75. The predicted molar refractivity (Wildman–Crippen MR) is 54.9 cm³/mol. The second kappa shape index (κ2) is 4.52. The number of carboxylic acids is 1. The molecule has 2 nitrogen and oxygen atoms in total. The molecule has 0 unspecified atom stereocenters. The fraction of sp³-hybridized carbons (Fsp3) is 0. The van der Waals surface area contributed by atoms with Crippen LogP contribution in [0.2, 0.25) is 0 Å². The van der Waals surface area contributed by atoms with Gasteiger partial charge in [0.15, 0.2) is 0 Å². The molecule has 0 amide bonds. The quantitative estimate of drug-likeness (QED) is 0.556. The Bertz CT molecular complexity index is 332. The fourth-order valence-electron chi connectivity index (χ4n) is 0.742. The molecule has 2 rings (SSSR count). The summed E-state index contributed by atoms with van der Waals surface area (Å²) in [5, 5.41) is 8.80. The Morgan fingerprint density at radius 3 is 2.38 bits per heavy atom. The molecule has 2 aliphatic heterocycles. The summed E-state index contributed by atoms with van der Waals surface area (Å²) in [5.41, 5.74) is 0. The summed E-state index contributed by atoms with van der Waals surface area (Å²) < 4.78 is 3.78. The van der Waals surface area contributed by atoms with Crippen LogP contribution in [-0.2, 0) is 4.79 Å². The SMILES string of the molecule is O=C(O)C1=C[Se]C(=C2[Se]C=C[Se]2)[Se]1. The van der Waals surface area contributed by atoms with Crippen LogP contribution in [0, 0.1) is 0 Å². The van der Waals surface area contributed by atoms with Crippen LogP contribution in [0.1, 0.15) is 0 Å². The Balaban J connectivity index is 2.10.